The van der Waals surface area contributed by atoms with Gasteiger partial charge in [0.25, 0.3) is 0 Å². The van der Waals surface area contributed by atoms with Crippen LogP contribution in [0.15, 0.2) is 56.7 Å². The van der Waals surface area contributed by atoms with E-state index in [9.17, 15) is 13.2 Å². The fourth-order valence-electron chi connectivity index (χ4n) is 1.42. The fourth-order valence-corrected chi connectivity index (χ4v) is 2.86. The molecule has 2 N–H and O–H groups in total. The summed E-state index contributed by atoms with van der Waals surface area (Å²) in [6, 6.07) is 10.8. The number of alkyl halides is 3. The molecular weight excluding hydrogens is 339 g/mol. The molecule has 2 aromatic rings. The monoisotopic (exact) mass is 347 g/mol. The molecule has 0 amide bonds. The lowest BCUT2D eigenvalue weighted by Gasteiger charge is -2.10. The van der Waals surface area contributed by atoms with Crippen LogP contribution in [-0.4, -0.2) is 0 Å². The quantitative estimate of drug-likeness (QED) is 0.755. The summed E-state index contributed by atoms with van der Waals surface area (Å²) in [6.07, 6.45) is -4.33. The number of hydrogen-bond acceptors (Lipinski definition) is 2. The molecule has 0 saturated carbocycles. The Labute approximate surface area is 121 Å². The van der Waals surface area contributed by atoms with E-state index in [4.69, 9.17) is 5.73 Å². The van der Waals surface area contributed by atoms with Crippen molar-refractivity contribution in [2.75, 3.05) is 5.73 Å². The standard InChI is InChI=1S/C13H9BrF3NS/c14-11-7-8(13(15,16)17)1-6-12(11)19-10-4-2-9(18)3-5-10/h1-7H,18H2. The summed E-state index contributed by atoms with van der Waals surface area (Å²) in [5.74, 6) is 0. The average Bonchev–Trinajstić information content (AvgIpc) is 2.33. The second-order valence-electron chi connectivity index (χ2n) is 3.81. The number of hydrogen-bond donors (Lipinski definition) is 1. The first kappa shape index (κ1) is 14.3. The molecule has 2 aromatic carbocycles. The number of benzene rings is 2. The van der Waals surface area contributed by atoms with Crippen molar-refractivity contribution >= 4 is 33.4 Å². The SMILES string of the molecule is Nc1ccc(Sc2ccc(C(F)(F)F)cc2Br)cc1. The predicted molar refractivity (Wildman–Crippen MR) is 74.1 cm³/mol. The Balaban J connectivity index is 2.24. The van der Waals surface area contributed by atoms with Crippen LogP contribution < -0.4 is 5.73 Å². The van der Waals surface area contributed by atoms with Gasteiger partial charge in [-0.3, -0.25) is 0 Å². The van der Waals surface area contributed by atoms with Gasteiger partial charge in [0, 0.05) is 20.0 Å². The Morgan fingerprint density at radius 2 is 1.63 bits per heavy atom. The van der Waals surface area contributed by atoms with Crippen LogP contribution in [0.1, 0.15) is 5.56 Å². The molecule has 0 unspecified atom stereocenters. The number of nitrogen functional groups attached to an aromatic ring is 1. The van der Waals surface area contributed by atoms with Crippen LogP contribution in [0, 0.1) is 0 Å². The topological polar surface area (TPSA) is 26.0 Å². The Morgan fingerprint density at radius 3 is 2.16 bits per heavy atom. The van der Waals surface area contributed by atoms with Crippen molar-refractivity contribution in [2.45, 2.75) is 16.0 Å². The average molecular weight is 348 g/mol. The van der Waals surface area contributed by atoms with Crippen molar-refractivity contribution in [1.29, 1.82) is 0 Å². The predicted octanol–water partition coefficient (Wildman–Crippen LogP) is 5.20. The highest BCUT2D eigenvalue weighted by molar-refractivity contribution is 9.10. The van der Waals surface area contributed by atoms with E-state index in [2.05, 4.69) is 15.9 Å². The molecule has 1 nitrogen and oxygen atoms in total. The van der Waals surface area contributed by atoms with E-state index in [-0.39, 0.29) is 0 Å². The molecule has 0 heterocycles. The molecule has 2 rings (SSSR count). The minimum atomic E-state index is -4.33. The third-order valence-electron chi connectivity index (χ3n) is 2.37. The second-order valence-corrected chi connectivity index (χ2v) is 5.78. The largest absolute Gasteiger partial charge is 0.416 e. The Bertz CT molecular complexity index is 581. The third-order valence-corrected chi connectivity index (χ3v) is 4.37. The van der Waals surface area contributed by atoms with Crippen molar-refractivity contribution in [1.82, 2.24) is 0 Å². The summed E-state index contributed by atoms with van der Waals surface area (Å²) >= 11 is 4.54. The summed E-state index contributed by atoms with van der Waals surface area (Å²) in [5.41, 5.74) is 5.56. The van der Waals surface area contributed by atoms with E-state index in [1.807, 2.05) is 12.1 Å². The Hall–Kier alpha value is -1.14. The van der Waals surface area contributed by atoms with Gasteiger partial charge in [0.2, 0.25) is 0 Å². The van der Waals surface area contributed by atoms with E-state index in [1.165, 1.54) is 17.8 Å². The van der Waals surface area contributed by atoms with Crippen LogP contribution in [0.5, 0.6) is 0 Å². The molecule has 0 radical (unpaired) electrons. The Kier molecular flexibility index (Phi) is 4.10. The summed E-state index contributed by atoms with van der Waals surface area (Å²) in [4.78, 5) is 1.63. The molecule has 100 valence electrons. The highest BCUT2D eigenvalue weighted by Gasteiger charge is 2.30. The van der Waals surface area contributed by atoms with Gasteiger partial charge in [0.15, 0.2) is 0 Å². The first-order chi connectivity index (χ1) is 8.86. The molecule has 0 bridgehead atoms. The van der Waals surface area contributed by atoms with Crippen LogP contribution in [0.25, 0.3) is 0 Å². The lowest BCUT2D eigenvalue weighted by atomic mass is 10.2. The first-order valence-corrected chi connectivity index (χ1v) is 6.87. The van der Waals surface area contributed by atoms with Gasteiger partial charge in [0.1, 0.15) is 0 Å². The summed E-state index contributed by atoms with van der Waals surface area (Å²) in [5, 5.41) is 0. The maximum atomic E-state index is 12.5. The molecule has 0 aromatic heterocycles. The molecular formula is C13H9BrF3NS. The van der Waals surface area contributed by atoms with Crippen molar-refractivity contribution in [3.63, 3.8) is 0 Å². The zero-order valence-electron chi connectivity index (χ0n) is 9.54. The minimum absolute atomic E-state index is 0.421. The highest BCUT2D eigenvalue weighted by Crippen LogP contribution is 2.38. The smallest absolute Gasteiger partial charge is 0.399 e. The van der Waals surface area contributed by atoms with Crippen LogP contribution in [0.2, 0.25) is 0 Å². The molecule has 0 saturated heterocycles. The van der Waals surface area contributed by atoms with E-state index in [1.54, 1.807) is 12.1 Å². The summed E-state index contributed by atoms with van der Waals surface area (Å²) in [7, 11) is 0. The summed E-state index contributed by atoms with van der Waals surface area (Å²) < 4.78 is 38.0. The van der Waals surface area contributed by atoms with E-state index < -0.39 is 11.7 Å². The van der Waals surface area contributed by atoms with Crippen molar-refractivity contribution in [3.05, 3.63) is 52.5 Å². The molecule has 0 fully saturated rings. The van der Waals surface area contributed by atoms with Crippen LogP contribution in [0.3, 0.4) is 0 Å². The maximum Gasteiger partial charge on any atom is 0.416 e. The van der Waals surface area contributed by atoms with E-state index in [0.29, 0.717) is 10.2 Å². The van der Waals surface area contributed by atoms with Crippen molar-refractivity contribution in [3.8, 4) is 0 Å². The molecule has 0 aliphatic heterocycles. The van der Waals surface area contributed by atoms with Gasteiger partial charge in [-0.15, -0.1) is 0 Å². The van der Waals surface area contributed by atoms with Gasteiger partial charge in [-0.1, -0.05) is 11.8 Å². The van der Waals surface area contributed by atoms with Gasteiger partial charge in [-0.25, -0.2) is 0 Å². The van der Waals surface area contributed by atoms with Crippen LogP contribution in [0.4, 0.5) is 18.9 Å². The van der Waals surface area contributed by atoms with Crippen molar-refractivity contribution in [2.24, 2.45) is 0 Å². The number of halogens is 4. The fraction of sp³-hybridized carbons (Fsp3) is 0.0769. The molecule has 19 heavy (non-hydrogen) atoms. The molecule has 0 spiro atoms. The maximum absolute atomic E-state index is 12.5. The van der Waals surface area contributed by atoms with E-state index in [0.717, 1.165) is 21.9 Å². The lowest BCUT2D eigenvalue weighted by molar-refractivity contribution is -0.137. The Morgan fingerprint density at radius 1 is 1.00 bits per heavy atom. The summed E-state index contributed by atoms with van der Waals surface area (Å²) in [6.45, 7) is 0. The van der Waals surface area contributed by atoms with Gasteiger partial charge in [-0.2, -0.15) is 13.2 Å². The normalized spacial score (nSPS) is 11.6. The van der Waals surface area contributed by atoms with Crippen LogP contribution in [-0.2, 0) is 6.18 Å². The molecule has 0 aliphatic carbocycles. The minimum Gasteiger partial charge on any atom is -0.399 e. The van der Waals surface area contributed by atoms with Gasteiger partial charge < -0.3 is 5.73 Å². The van der Waals surface area contributed by atoms with Crippen LogP contribution >= 0.6 is 27.7 Å². The highest BCUT2D eigenvalue weighted by atomic mass is 79.9. The third kappa shape index (κ3) is 3.67. The molecule has 6 heteroatoms. The van der Waals surface area contributed by atoms with Crippen molar-refractivity contribution < 1.29 is 13.2 Å². The van der Waals surface area contributed by atoms with Gasteiger partial charge >= 0.3 is 6.18 Å². The number of nitrogens with two attached hydrogens (primary N) is 1. The first-order valence-electron chi connectivity index (χ1n) is 5.26. The van der Waals surface area contributed by atoms with Gasteiger partial charge in [0.05, 0.1) is 5.56 Å². The number of anilines is 1. The second kappa shape index (κ2) is 5.46. The zero-order valence-corrected chi connectivity index (χ0v) is 11.9. The molecule has 0 aliphatic rings. The molecule has 0 atom stereocenters. The lowest BCUT2D eigenvalue weighted by Crippen LogP contribution is -2.04. The van der Waals surface area contributed by atoms with Gasteiger partial charge in [-0.05, 0) is 58.4 Å². The van der Waals surface area contributed by atoms with E-state index >= 15 is 0 Å². The number of rotatable bonds is 2. The zero-order chi connectivity index (χ0) is 14.0.